The number of hydrogen-bond acceptors (Lipinski definition) is 3. The minimum atomic E-state index is -0.895. The van der Waals surface area contributed by atoms with E-state index in [9.17, 15) is 13.2 Å². The van der Waals surface area contributed by atoms with Crippen molar-refractivity contribution in [2.45, 2.75) is 45.0 Å². The van der Waals surface area contributed by atoms with Gasteiger partial charge >= 0.3 is 0 Å². The van der Waals surface area contributed by atoms with Gasteiger partial charge in [0.15, 0.2) is 17.9 Å². The van der Waals surface area contributed by atoms with Crippen LogP contribution in [0.1, 0.15) is 43.4 Å². The van der Waals surface area contributed by atoms with Crippen molar-refractivity contribution in [1.29, 1.82) is 0 Å². The number of benzene rings is 3. The molecule has 184 valence electrons. The molecule has 6 heteroatoms. The van der Waals surface area contributed by atoms with Gasteiger partial charge in [-0.05, 0) is 35.6 Å². The van der Waals surface area contributed by atoms with E-state index in [1.807, 2.05) is 6.07 Å². The highest BCUT2D eigenvalue weighted by molar-refractivity contribution is 5.71. The quantitative estimate of drug-likeness (QED) is 0.317. The number of halogens is 3. The molecule has 2 aliphatic heterocycles. The summed E-state index contributed by atoms with van der Waals surface area (Å²) in [5.41, 5.74) is 2.94. The van der Waals surface area contributed by atoms with Crippen molar-refractivity contribution in [3.8, 4) is 22.3 Å². The van der Waals surface area contributed by atoms with Crippen molar-refractivity contribution in [3.63, 3.8) is 0 Å². The minimum Gasteiger partial charge on any atom is -0.368 e. The molecule has 5 rings (SSSR count). The van der Waals surface area contributed by atoms with Gasteiger partial charge in [-0.25, -0.2) is 13.2 Å². The third-order valence-electron chi connectivity index (χ3n) is 6.73. The van der Waals surface area contributed by atoms with Crippen LogP contribution in [-0.4, -0.2) is 26.1 Å². The fourth-order valence-corrected chi connectivity index (χ4v) is 4.65. The molecule has 1 unspecified atom stereocenters. The first-order chi connectivity index (χ1) is 17.0. The second-order valence-electron chi connectivity index (χ2n) is 9.33. The van der Waals surface area contributed by atoms with E-state index in [1.54, 1.807) is 48.5 Å². The fraction of sp³-hybridized carbons (Fsp3) is 0.379. The predicted molar refractivity (Wildman–Crippen MR) is 128 cm³/mol. The summed E-state index contributed by atoms with van der Waals surface area (Å²) < 4.78 is 60.6. The molecule has 2 heterocycles. The zero-order chi connectivity index (χ0) is 24.4. The molecular formula is C29H29F3O3. The average molecular weight is 483 g/mol. The third kappa shape index (κ3) is 5.45. The lowest BCUT2D eigenvalue weighted by Gasteiger charge is -2.29. The molecule has 0 radical (unpaired) electrons. The van der Waals surface area contributed by atoms with Gasteiger partial charge in [-0.1, -0.05) is 61.9 Å². The number of epoxide rings is 1. The Kier molecular flexibility index (Phi) is 7.23. The third-order valence-corrected chi connectivity index (χ3v) is 6.73. The van der Waals surface area contributed by atoms with E-state index in [4.69, 9.17) is 14.2 Å². The number of hydrogen-bond donors (Lipinski definition) is 0. The van der Waals surface area contributed by atoms with Crippen molar-refractivity contribution in [1.82, 2.24) is 0 Å². The second kappa shape index (κ2) is 10.5. The molecule has 2 saturated heterocycles. The van der Waals surface area contributed by atoms with Gasteiger partial charge in [0.05, 0.1) is 19.8 Å². The van der Waals surface area contributed by atoms with Crippen LogP contribution in [0.4, 0.5) is 13.2 Å². The van der Waals surface area contributed by atoms with Crippen LogP contribution >= 0.6 is 0 Å². The predicted octanol–water partition coefficient (Wildman–Crippen LogP) is 7.23. The Morgan fingerprint density at radius 1 is 0.743 bits per heavy atom. The van der Waals surface area contributed by atoms with Gasteiger partial charge in [-0.3, -0.25) is 0 Å². The zero-order valence-electron chi connectivity index (χ0n) is 19.7. The summed E-state index contributed by atoms with van der Waals surface area (Å²) >= 11 is 0. The molecule has 0 saturated carbocycles. The van der Waals surface area contributed by atoms with Crippen LogP contribution in [0.15, 0.2) is 54.6 Å². The highest BCUT2D eigenvalue weighted by Gasteiger charge is 2.30. The summed E-state index contributed by atoms with van der Waals surface area (Å²) in [5.74, 6) is -1.63. The van der Waals surface area contributed by atoms with Gasteiger partial charge in [0.1, 0.15) is 11.9 Å². The maximum absolute atomic E-state index is 14.9. The van der Waals surface area contributed by atoms with Crippen molar-refractivity contribution in [2.75, 3.05) is 19.8 Å². The Hall–Kier alpha value is -2.67. The minimum absolute atomic E-state index is 0.169. The van der Waals surface area contributed by atoms with E-state index < -0.39 is 11.6 Å². The lowest BCUT2D eigenvalue weighted by atomic mass is 9.97. The molecule has 35 heavy (non-hydrogen) atoms. The molecule has 0 N–H and O–H groups in total. The normalized spacial score (nSPS) is 21.8. The lowest BCUT2D eigenvalue weighted by molar-refractivity contribution is -0.203. The molecule has 0 aliphatic carbocycles. The van der Waals surface area contributed by atoms with Crippen molar-refractivity contribution in [2.24, 2.45) is 5.92 Å². The van der Waals surface area contributed by atoms with Crippen molar-refractivity contribution < 1.29 is 27.4 Å². The summed E-state index contributed by atoms with van der Waals surface area (Å²) in [6.07, 6.45) is 2.97. The van der Waals surface area contributed by atoms with E-state index in [0.29, 0.717) is 42.1 Å². The monoisotopic (exact) mass is 482 g/mol. The van der Waals surface area contributed by atoms with Gasteiger partial charge < -0.3 is 14.2 Å². The van der Waals surface area contributed by atoms with E-state index >= 15 is 0 Å². The van der Waals surface area contributed by atoms with Gasteiger partial charge in [-0.2, -0.15) is 0 Å². The number of rotatable bonds is 8. The lowest BCUT2D eigenvalue weighted by Crippen LogP contribution is -2.32. The summed E-state index contributed by atoms with van der Waals surface area (Å²) in [4.78, 5) is 0. The molecular weight excluding hydrogens is 453 g/mol. The van der Waals surface area contributed by atoms with Crippen LogP contribution in [0.3, 0.4) is 0 Å². The summed E-state index contributed by atoms with van der Waals surface area (Å²) in [6, 6.07) is 15.1. The SMILES string of the molecule is CCCC1COC(CCc2ccc(-c3ccc(-c4ccc(C5CO5)c(F)c4F)cc3)c(F)c2)OC1. The number of aryl methyl sites for hydroxylation is 1. The molecule has 2 aliphatic rings. The Labute approximate surface area is 203 Å². The van der Waals surface area contributed by atoms with Crippen LogP contribution in [0.5, 0.6) is 0 Å². The summed E-state index contributed by atoms with van der Waals surface area (Å²) in [6.45, 7) is 4.01. The van der Waals surface area contributed by atoms with Crippen LogP contribution in [0.25, 0.3) is 22.3 Å². The van der Waals surface area contributed by atoms with Crippen LogP contribution < -0.4 is 0 Å². The van der Waals surface area contributed by atoms with Gasteiger partial charge in [0.25, 0.3) is 0 Å². The van der Waals surface area contributed by atoms with Crippen molar-refractivity contribution >= 4 is 0 Å². The molecule has 1 atom stereocenters. The van der Waals surface area contributed by atoms with Gasteiger partial charge in [0.2, 0.25) is 0 Å². The Bertz CT molecular complexity index is 1170. The van der Waals surface area contributed by atoms with Gasteiger partial charge in [0, 0.05) is 29.0 Å². The smallest absolute Gasteiger partial charge is 0.167 e. The largest absolute Gasteiger partial charge is 0.368 e. The Balaban J connectivity index is 1.23. The molecule has 0 spiro atoms. The first kappa shape index (κ1) is 24.0. The molecule has 3 nitrogen and oxygen atoms in total. The van der Waals surface area contributed by atoms with E-state index in [0.717, 1.165) is 31.6 Å². The fourth-order valence-electron chi connectivity index (χ4n) is 4.65. The molecule has 0 aromatic heterocycles. The standard InChI is InChI=1S/C29H29F3O3/c1-2-3-19-15-34-27(35-16-19)13-5-18-4-10-22(25(30)14-18)20-6-8-21(9-7-20)23-11-12-24(26-17-33-26)29(32)28(23)31/h4,6-12,14,19,26-27H,2-3,5,13,15-17H2,1H3. The van der Waals surface area contributed by atoms with Crippen LogP contribution in [-0.2, 0) is 20.6 Å². The number of ether oxygens (including phenoxy) is 3. The second-order valence-corrected chi connectivity index (χ2v) is 9.33. The first-order valence-electron chi connectivity index (χ1n) is 12.3. The van der Waals surface area contributed by atoms with E-state index in [-0.39, 0.29) is 29.3 Å². The topological polar surface area (TPSA) is 31.0 Å². The van der Waals surface area contributed by atoms with Gasteiger partial charge in [-0.15, -0.1) is 0 Å². The summed E-state index contributed by atoms with van der Waals surface area (Å²) in [7, 11) is 0. The highest BCUT2D eigenvalue weighted by atomic mass is 19.2. The van der Waals surface area contributed by atoms with E-state index in [1.165, 1.54) is 0 Å². The highest BCUT2D eigenvalue weighted by Crippen LogP contribution is 2.36. The molecule has 3 aromatic rings. The van der Waals surface area contributed by atoms with E-state index in [2.05, 4.69) is 6.92 Å². The summed E-state index contributed by atoms with van der Waals surface area (Å²) in [5, 5.41) is 0. The molecule has 0 amide bonds. The van der Waals surface area contributed by atoms with Crippen LogP contribution in [0.2, 0.25) is 0 Å². The maximum Gasteiger partial charge on any atom is 0.167 e. The Morgan fingerprint density at radius 3 is 2.03 bits per heavy atom. The average Bonchev–Trinajstić information content (AvgIpc) is 3.71. The molecule has 0 bridgehead atoms. The van der Waals surface area contributed by atoms with Crippen LogP contribution in [0, 0.1) is 23.4 Å². The maximum atomic E-state index is 14.9. The Morgan fingerprint density at radius 2 is 1.40 bits per heavy atom. The first-order valence-corrected chi connectivity index (χ1v) is 12.3. The van der Waals surface area contributed by atoms with Crippen molar-refractivity contribution in [3.05, 3.63) is 83.2 Å². The zero-order valence-corrected chi connectivity index (χ0v) is 19.7. The molecule has 3 aromatic carbocycles. The molecule has 2 fully saturated rings.